The van der Waals surface area contributed by atoms with E-state index in [1.165, 1.54) is 0 Å². The summed E-state index contributed by atoms with van der Waals surface area (Å²) < 4.78 is 17.2. The third-order valence-corrected chi connectivity index (χ3v) is 9.44. The predicted octanol–water partition coefficient (Wildman–Crippen LogP) is 2.39. The average molecular weight is 564 g/mol. The van der Waals surface area contributed by atoms with Gasteiger partial charge in [-0.1, -0.05) is 0 Å². The molecule has 1 N–H and O–H groups in total. The molecule has 3 aliphatic rings. The van der Waals surface area contributed by atoms with Crippen molar-refractivity contribution in [3.8, 4) is 0 Å². The summed E-state index contributed by atoms with van der Waals surface area (Å²) in [4.78, 5) is 40.4. The van der Waals surface area contributed by atoms with Gasteiger partial charge < -0.3 is 24.3 Å². The van der Waals surface area contributed by atoms with Crippen LogP contribution in [0.2, 0.25) is 0 Å². The summed E-state index contributed by atoms with van der Waals surface area (Å²) in [5, 5.41) is 8.72. The van der Waals surface area contributed by atoms with Crippen molar-refractivity contribution in [2.24, 2.45) is 14.1 Å². The Kier molecular flexibility index (Phi) is 5.95. The number of aryl methyl sites for hydroxylation is 3. The van der Waals surface area contributed by atoms with Gasteiger partial charge >= 0.3 is 0 Å². The number of fused-ring (bicyclic) bond motifs is 3. The Morgan fingerprint density at radius 1 is 1.07 bits per heavy atom. The van der Waals surface area contributed by atoms with Crippen LogP contribution in [-0.4, -0.2) is 91.4 Å². The van der Waals surface area contributed by atoms with Crippen LogP contribution in [0.1, 0.15) is 53.6 Å². The number of aromatic nitrogens is 6. The summed E-state index contributed by atoms with van der Waals surface area (Å²) in [6, 6.07) is 4.41. The van der Waals surface area contributed by atoms with E-state index in [4.69, 9.17) is 4.98 Å². The fraction of sp³-hybridized carbons (Fsp3) is 0.519. The minimum Gasteiger partial charge on any atom is -0.335 e. The predicted molar refractivity (Wildman–Crippen MR) is 152 cm³/mol. The zero-order valence-corrected chi connectivity index (χ0v) is 23.8. The molecule has 7 rings (SSSR count). The smallest absolute Gasteiger partial charge is 0.272 e. The molecule has 4 aromatic rings. The Morgan fingerprint density at radius 2 is 1.77 bits per heavy atom. The lowest BCUT2D eigenvalue weighted by atomic mass is 10.2. The molecule has 0 spiro atoms. The van der Waals surface area contributed by atoms with E-state index in [2.05, 4.69) is 20.3 Å². The number of nitrogens with one attached hydrogen (secondary N) is 1. The van der Waals surface area contributed by atoms with Gasteiger partial charge in [-0.2, -0.15) is 5.10 Å². The average Bonchev–Trinajstić information content (AvgIpc) is 3.85. The first-order valence-electron chi connectivity index (χ1n) is 14.0. The highest BCUT2D eigenvalue weighted by molar-refractivity contribution is 7.85. The minimum absolute atomic E-state index is 0.0871. The first kappa shape index (κ1) is 25.2. The monoisotopic (exact) mass is 563 g/mol. The first-order valence-corrected chi connectivity index (χ1v) is 15.4. The van der Waals surface area contributed by atoms with Gasteiger partial charge in [0.2, 0.25) is 0 Å². The molecular formula is C27H33N9O3S. The van der Waals surface area contributed by atoms with E-state index < -0.39 is 10.8 Å². The maximum Gasteiger partial charge on any atom is 0.272 e. The van der Waals surface area contributed by atoms with Gasteiger partial charge in [-0.05, 0) is 38.7 Å². The van der Waals surface area contributed by atoms with E-state index in [1.807, 2.05) is 29.2 Å². The molecule has 1 aliphatic heterocycles. The Balaban J connectivity index is 1.26. The number of anilines is 2. The maximum absolute atomic E-state index is 13.8. The van der Waals surface area contributed by atoms with E-state index in [1.54, 1.807) is 29.0 Å². The van der Waals surface area contributed by atoms with Crippen LogP contribution in [0.5, 0.6) is 0 Å². The van der Waals surface area contributed by atoms with E-state index in [-0.39, 0.29) is 11.8 Å². The van der Waals surface area contributed by atoms with Crippen LogP contribution in [0.15, 0.2) is 18.5 Å². The standard InChI is InChI=1S/C27H33N9O3S/c1-4-35-20(27(38)36(16-5-6-16)17-7-8-17)13-18-23-22(28-15-32(23)2)24(30-25(18)35)29-21-14-19(33(3)31-21)26(37)34-9-11-40(39)12-10-34/h13-17H,4-12H2,1-3H3,(H,29,30,31). The van der Waals surface area contributed by atoms with Crippen molar-refractivity contribution in [1.82, 2.24) is 38.7 Å². The number of carbonyl (C=O) groups is 2. The molecule has 0 radical (unpaired) electrons. The van der Waals surface area contributed by atoms with Crippen molar-refractivity contribution in [2.45, 2.75) is 51.2 Å². The number of imidazole rings is 1. The van der Waals surface area contributed by atoms with E-state index in [0.717, 1.165) is 36.6 Å². The van der Waals surface area contributed by atoms with Crippen LogP contribution < -0.4 is 5.32 Å². The van der Waals surface area contributed by atoms with Crippen LogP contribution in [-0.2, 0) is 31.4 Å². The molecule has 5 heterocycles. The maximum atomic E-state index is 13.8. The molecular weight excluding hydrogens is 530 g/mol. The Morgan fingerprint density at radius 3 is 2.42 bits per heavy atom. The van der Waals surface area contributed by atoms with E-state index in [9.17, 15) is 13.8 Å². The number of hydrogen-bond acceptors (Lipinski definition) is 7. The van der Waals surface area contributed by atoms with Crippen molar-refractivity contribution < 1.29 is 13.8 Å². The molecule has 2 amide bonds. The van der Waals surface area contributed by atoms with Gasteiger partial charge in [0.1, 0.15) is 22.6 Å². The highest BCUT2D eigenvalue weighted by atomic mass is 32.2. The largest absolute Gasteiger partial charge is 0.335 e. The van der Waals surface area contributed by atoms with Crippen LogP contribution in [0.3, 0.4) is 0 Å². The molecule has 1 saturated heterocycles. The van der Waals surface area contributed by atoms with Crippen LogP contribution in [0.4, 0.5) is 11.6 Å². The van der Waals surface area contributed by atoms with Gasteiger partial charge in [-0.3, -0.25) is 18.5 Å². The number of pyridine rings is 1. The third kappa shape index (κ3) is 4.18. The molecule has 0 aromatic carbocycles. The molecule has 0 bridgehead atoms. The number of amides is 2. The van der Waals surface area contributed by atoms with Crippen molar-refractivity contribution >= 4 is 56.3 Å². The summed E-state index contributed by atoms with van der Waals surface area (Å²) in [5.74, 6) is 1.94. The second-order valence-electron chi connectivity index (χ2n) is 11.0. The number of nitrogens with zero attached hydrogens (tertiary/aromatic N) is 8. The molecule has 210 valence electrons. The van der Waals surface area contributed by atoms with Gasteiger partial charge in [0.25, 0.3) is 11.8 Å². The van der Waals surface area contributed by atoms with E-state index in [0.29, 0.717) is 77.4 Å². The van der Waals surface area contributed by atoms with Crippen LogP contribution >= 0.6 is 0 Å². The molecule has 2 aliphatic carbocycles. The Labute approximate surface area is 233 Å². The molecule has 0 atom stereocenters. The lowest BCUT2D eigenvalue weighted by Gasteiger charge is -2.26. The molecule has 0 unspecified atom stereocenters. The van der Waals surface area contributed by atoms with Crippen molar-refractivity contribution in [2.75, 3.05) is 29.9 Å². The van der Waals surface area contributed by atoms with Crippen molar-refractivity contribution in [3.63, 3.8) is 0 Å². The second-order valence-corrected chi connectivity index (χ2v) is 12.7. The topological polar surface area (TPSA) is 123 Å². The molecule has 2 saturated carbocycles. The fourth-order valence-corrected chi connectivity index (χ4v) is 6.87. The first-order chi connectivity index (χ1) is 19.3. The van der Waals surface area contributed by atoms with Gasteiger partial charge in [-0.25, -0.2) is 9.97 Å². The lowest BCUT2D eigenvalue weighted by Crippen LogP contribution is -2.42. The third-order valence-electron chi connectivity index (χ3n) is 8.16. The van der Waals surface area contributed by atoms with Crippen molar-refractivity contribution in [3.05, 3.63) is 29.8 Å². The second kappa shape index (κ2) is 9.43. The molecule has 40 heavy (non-hydrogen) atoms. The van der Waals surface area contributed by atoms with Crippen molar-refractivity contribution in [1.29, 1.82) is 0 Å². The summed E-state index contributed by atoms with van der Waals surface area (Å²) >= 11 is 0. The summed E-state index contributed by atoms with van der Waals surface area (Å²) in [6.07, 6.45) is 6.07. The lowest BCUT2D eigenvalue weighted by molar-refractivity contribution is 0.0718. The quantitative estimate of drug-likeness (QED) is 0.366. The highest BCUT2D eigenvalue weighted by Gasteiger charge is 2.43. The fourth-order valence-electron chi connectivity index (χ4n) is 5.82. The SMILES string of the molecule is CCn1c(C(=O)N(C2CC2)C2CC2)cc2c3c(ncn3C)c(Nc3cc(C(=O)N4CCS(=O)CC4)n(C)n3)nc21. The molecule has 4 aromatic heterocycles. The highest BCUT2D eigenvalue weighted by Crippen LogP contribution is 2.39. The number of carbonyl (C=O) groups excluding carboxylic acids is 2. The van der Waals surface area contributed by atoms with Crippen LogP contribution in [0, 0.1) is 0 Å². The zero-order valence-electron chi connectivity index (χ0n) is 23.0. The summed E-state index contributed by atoms with van der Waals surface area (Å²) in [6.45, 7) is 3.58. The molecule has 13 heteroatoms. The van der Waals surface area contributed by atoms with Crippen LogP contribution in [0.25, 0.3) is 22.1 Å². The Hall–Kier alpha value is -3.74. The minimum atomic E-state index is -0.861. The summed E-state index contributed by atoms with van der Waals surface area (Å²) in [7, 11) is 2.81. The number of rotatable bonds is 7. The Bertz CT molecular complexity index is 1670. The van der Waals surface area contributed by atoms with Gasteiger partial charge in [0.05, 0.1) is 11.8 Å². The van der Waals surface area contributed by atoms with Gasteiger partial charge in [0, 0.05) is 79.6 Å². The van der Waals surface area contributed by atoms with Gasteiger partial charge in [-0.15, -0.1) is 0 Å². The molecule has 3 fully saturated rings. The normalized spacial score (nSPS) is 18.1. The summed E-state index contributed by atoms with van der Waals surface area (Å²) in [5.41, 5.74) is 3.37. The zero-order chi connectivity index (χ0) is 27.7. The van der Waals surface area contributed by atoms with Gasteiger partial charge in [0.15, 0.2) is 11.6 Å². The van der Waals surface area contributed by atoms with E-state index >= 15 is 0 Å². The number of hydrogen-bond donors (Lipinski definition) is 1. The molecule has 12 nitrogen and oxygen atoms in total.